The van der Waals surface area contributed by atoms with Crippen LogP contribution in [0, 0.1) is 0 Å². The molecule has 3 rings (SSSR count). The highest BCUT2D eigenvalue weighted by Gasteiger charge is 2.12. The number of nitrogens with zero attached hydrogens (tertiary/aromatic N) is 1. The first-order valence-electron chi connectivity index (χ1n) is 7.96. The summed E-state index contributed by atoms with van der Waals surface area (Å²) in [4.78, 5) is 0. The highest BCUT2D eigenvalue weighted by atomic mass is 16.3. The van der Waals surface area contributed by atoms with Crippen molar-refractivity contribution in [3.8, 4) is 33.8 Å². The van der Waals surface area contributed by atoms with Crippen molar-refractivity contribution in [1.82, 2.24) is 4.57 Å². The van der Waals surface area contributed by atoms with Crippen LogP contribution in [0.25, 0.3) is 22.3 Å². The third-order valence-electron chi connectivity index (χ3n) is 4.02. The third-order valence-corrected chi connectivity index (χ3v) is 4.02. The molecule has 1 heterocycles. The van der Waals surface area contributed by atoms with Gasteiger partial charge in [0.2, 0.25) is 0 Å². The monoisotopic (exact) mass is 307 g/mol. The fourth-order valence-corrected chi connectivity index (χ4v) is 2.75. The maximum Gasteiger partial charge on any atom is 0.158 e. The van der Waals surface area contributed by atoms with Crippen LogP contribution in [0.5, 0.6) is 11.5 Å². The van der Waals surface area contributed by atoms with Crippen LogP contribution >= 0.6 is 0 Å². The highest BCUT2D eigenvalue weighted by Crippen LogP contribution is 2.37. The van der Waals surface area contributed by atoms with Crippen molar-refractivity contribution in [3.05, 3.63) is 60.9 Å². The Morgan fingerprint density at radius 3 is 2.17 bits per heavy atom. The van der Waals surface area contributed by atoms with Gasteiger partial charge in [-0.1, -0.05) is 49.7 Å². The Bertz CT molecular complexity index is 791. The molecule has 0 amide bonds. The van der Waals surface area contributed by atoms with Crippen LogP contribution in [0.4, 0.5) is 0 Å². The van der Waals surface area contributed by atoms with Gasteiger partial charge in [-0.3, -0.25) is 0 Å². The summed E-state index contributed by atoms with van der Waals surface area (Å²) in [6.07, 6.45) is 6.55. The zero-order chi connectivity index (χ0) is 16.2. The maximum absolute atomic E-state index is 9.81. The van der Waals surface area contributed by atoms with E-state index in [4.69, 9.17) is 0 Å². The molecule has 23 heavy (non-hydrogen) atoms. The van der Waals surface area contributed by atoms with Gasteiger partial charge in [0.25, 0.3) is 0 Å². The molecule has 3 nitrogen and oxygen atoms in total. The standard InChI is InChI=1S/C20H21NO2/c1-2-3-11-21-13-17(15-7-5-4-6-8-15)18(14-21)16-9-10-19(22)20(23)12-16/h4-10,12-14,22-23H,2-3,11H2,1H3. The van der Waals surface area contributed by atoms with Crippen molar-refractivity contribution in [2.75, 3.05) is 0 Å². The van der Waals surface area contributed by atoms with Crippen molar-refractivity contribution in [2.24, 2.45) is 0 Å². The van der Waals surface area contributed by atoms with Crippen LogP contribution < -0.4 is 0 Å². The Balaban J connectivity index is 2.09. The summed E-state index contributed by atoms with van der Waals surface area (Å²) in [5, 5.41) is 19.4. The number of hydrogen-bond donors (Lipinski definition) is 2. The Hall–Kier alpha value is -2.68. The van der Waals surface area contributed by atoms with E-state index in [0.29, 0.717) is 0 Å². The molecule has 118 valence electrons. The Kier molecular flexibility index (Phi) is 4.38. The second-order valence-corrected chi connectivity index (χ2v) is 5.75. The minimum absolute atomic E-state index is 0.0946. The molecule has 0 spiro atoms. The smallest absolute Gasteiger partial charge is 0.158 e. The summed E-state index contributed by atoms with van der Waals surface area (Å²) in [7, 11) is 0. The normalized spacial score (nSPS) is 10.8. The first-order valence-corrected chi connectivity index (χ1v) is 7.96. The van der Waals surface area contributed by atoms with E-state index in [0.717, 1.165) is 41.6 Å². The molecule has 1 aromatic heterocycles. The van der Waals surface area contributed by atoms with Crippen LogP contribution in [-0.4, -0.2) is 14.8 Å². The number of rotatable bonds is 5. The molecule has 0 saturated heterocycles. The lowest BCUT2D eigenvalue weighted by atomic mass is 9.99. The van der Waals surface area contributed by atoms with Crippen LogP contribution in [0.1, 0.15) is 19.8 Å². The molecule has 0 aliphatic carbocycles. The molecular weight excluding hydrogens is 286 g/mol. The molecular formula is C20H21NO2. The topological polar surface area (TPSA) is 45.4 Å². The first kappa shape index (κ1) is 15.2. The Morgan fingerprint density at radius 1 is 0.826 bits per heavy atom. The van der Waals surface area contributed by atoms with E-state index < -0.39 is 0 Å². The van der Waals surface area contributed by atoms with Crippen LogP contribution in [0.15, 0.2) is 60.9 Å². The lowest BCUT2D eigenvalue weighted by molar-refractivity contribution is 0.404. The maximum atomic E-state index is 9.81. The van der Waals surface area contributed by atoms with E-state index in [2.05, 4.69) is 36.0 Å². The zero-order valence-corrected chi connectivity index (χ0v) is 13.2. The number of hydrogen-bond acceptors (Lipinski definition) is 2. The number of aromatic nitrogens is 1. The van der Waals surface area contributed by atoms with E-state index in [1.165, 1.54) is 6.07 Å². The summed E-state index contributed by atoms with van der Waals surface area (Å²) in [6.45, 7) is 3.15. The lowest BCUT2D eigenvalue weighted by Gasteiger charge is -2.06. The second-order valence-electron chi connectivity index (χ2n) is 5.75. The van der Waals surface area contributed by atoms with Gasteiger partial charge in [0.05, 0.1) is 0 Å². The summed E-state index contributed by atoms with van der Waals surface area (Å²) < 4.78 is 2.20. The molecule has 3 heteroatoms. The van der Waals surface area contributed by atoms with Crippen molar-refractivity contribution < 1.29 is 10.2 Å². The fourth-order valence-electron chi connectivity index (χ4n) is 2.75. The third kappa shape index (κ3) is 3.24. The van der Waals surface area contributed by atoms with Gasteiger partial charge in [0.15, 0.2) is 11.5 Å². The zero-order valence-electron chi connectivity index (χ0n) is 13.2. The van der Waals surface area contributed by atoms with Crippen molar-refractivity contribution in [2.45, 2.75) is 26.3 Å². The first-order chi connectivity index (χ1) is 11.2. The molecule has 0 saturated carbocycles. The summed E-state index contributed by atoms with van der Waals surface area (Å²) in [5.74, 6) is -0.191. The fraction of sp³-hybridized carbons (Fsp3) is 0.200. The van der Waals surface area contributed by atoms with Gasteiger partial charge in [-0.25, -0.2) is 0 Å². The van der Waals surface area contributed by atoms with Crippen molar-refractivity contribution >= 4 is 0 Å². The molecule has 0 bridgehead atoms. The molecule has 0 fully saturated rings. The van der Waals surface area contributed by atoms with Gasteiger partial charge in [-0.2, -0.15) is 0 Å². The number of aromatic hydroxyl groups is 2. The molecule has 0 radical (unpaired) electrons. The van der Waals surface area contributed by atoms with Crippen LogP contribution in [-0.2, 0) is 6.54 Å². The quantitative estimate of drug-likeness (QED) is 0.649. The molecule has 0 aliphatic rings. The van der Waals surface area contributed by atoms with E-state index in [1.54, 1.807) is 6.07 Å². The van der Waals surface area contributed by atoms with E-state index in [9.17, 15) is 10.2 Å². The van der Waals surface area contributed by atoms with Crippen molar-refractivity contribution in [1.29, 1.82) is 0 Å². The highest BCUT2D eigenvalue weighted by molar-refractivity contribution is 5.84. The van der Waals surface area contributed by atoms with E-state index in [1.807, 2.05) is 24.3 Å². The summed E-state index contributed by atoms with van der Waals surface area (Å²) in [6, 6.07) is 15.2. The lowest BCUT2D eigenvalue weighted by Crippen LogP contribution is -1.92. The van der Waals surface area contributed by atoms with Crippen molar-refractivity contribution in [3.63, 3.8) is 0 Å². The predicted molar refractivity (Wildman–Crippen MR) is 93.5 cm³/mol. The predicted octanol–water partition coefficient (Wildman–Crippen LogP) is 5.03. The average molecular weight is 307 g/mol. The SMILES string of the molecule is CCCCn1cc(-c2ccccc2)c(-c2ccc(O)c(O)c2)c1. The molecule has 2 aromatic carbocycles. The number of aryl methyl sites for hydroxylation is 1. The molecule has 2 N–H and O–H groups in total. The van der Waals surface area contributed by atoms with E-state index >= 15 is 0 Å². The number of benzene rings is 2. The van der Waals surface area contributed by atoms with Gasteiger partial charge in [-0.15, -0.1) is 0 Å². The molecule has 0 atom stereocenters. The molecule has 0 unspecified atom stereocenters. The minimum atomic E-state index is -0.0968. The summed E-state index contributed by atoms with van der Waals surface area (Å²) in [5.41, 5.74) is 4.23. The summed E-state index contributed by atoms with van der Waals surface area (Å²) >= 11 is 0. The number of phenolic OH excluding ortho intramolecular Hbond substituents is 2. The van der Waals surface area contributed by atoms with E-state index in [-0.39, 0.29) is 11.5 Å². The average Bonchev–Trinajstić information content (AvgIpc) is 3.00. The van der Waals surface area contributed by atoms with Gasteiger partial charge >= 0.3 is 0 Å². The van der Waals surface area contributed by atoms with Crippen LogP contribution in [0.3, 0.4) is 0 Å². The minimum Gasteiger partial charge on any atom is -0.504 e. The Labute approximate surface area is 136 Å². The largest absolute Gasteiger partial charge is 0.504 e. The Morgan fingerprint density at radius 2 is 1.52 bits per heavy atom. The van der Waals surface area contributed by atoms with Gasteiger partial charge < -0.3 is 14.8 Å². The second kappa shape index (κ2) is 6.61. The number of unbranched alkanes of at least 4 members (excludes halogenated alkanes) is 1. The number of phenols is 2. The van der Waals surface area contributed by atoms with Gasteiger partial charge in [0, 0.05) is 30.1 Å². The van der Waals surface area contributed by atoms with Gasteiger partial charge in [-0.05, 0) is 29.7 Å². The molecule has 0 aliphatic heterocycles. The molecule has 3 aromatic rings. The van der Waals surface area contributed by atoms with Crippen LogP contribution in [0.2, 0.25) is 0 Å². The van der Waals surface area contributed by atoms with Gasteiger partial charge in [0.1, 0.15) is 0 Å².